The van der Waals surface area contributed by atoms with Crippen LogP contribution in [0.4, 0.5) is 5.69 Å². The van der Waals surface area contributed by atoms with Crippen LogP contribution in [0.15, 0.2) is 59.7 Å². The van der Waals surface area contributed by atoms with E-state index in [4.69, 9.17) is 0 Å². The minimum Gasteiger partial charge on any atom is -0.273 e. The number of nitro benzene ring substituents is 1. The van der Waals surface area contributed by atoms with Crippen LogP contribution < -0.4 is 5.43 Å². The Kier molecular flexibility index (Phi) is 5.57. The van der Waals surface area contributed by atoms with Gasteiger partial charge in [0.2, 0.25) is 5.91 Å². The van der Waals surface area contributed by atoms with Gasteiger partial charge in [0.1, 0.15) is 0 Å². The molecule has 0 spiro atoms. The highest BCUT2D eigenvalue weighted by molar-refractivity contribution is 6.00. The van der Waals surface area contributed by atoms with Crippen molar-refractivity contribution in [1.29, 1.82) is 0 Å². The maximum Gasteiger partial charge on any atom is 0.269 e. The smallest absolute Gasteiger partial charge is 0.269 e. The van der Waals surface area contributed by atoms with Gasteiger partial charge in [0.15, 0.2) is 0 Å². The molecule has 0 bridgehead atoms. The maximum atomic E-state index is 11.9. The van der Waals surface area contributed by atoms with Gasteiger partial charge in [-0.15, -0.1) is 0 Å². The molecule has 6 nitrogen and oxygen atoms in total. The molecule has 2 rings (SSSR count). The van der Waals surface area contributed by atoms with Crippen LogP contribution in [0.3, 0.4) is 0 Å². The summed E-state index contributed by atoms with van der Waals surface area (Å²) in [7, 11) is 0. The molecule has 0 saturated heterocycles. The highest BCUT2D eigenvalue weighted by Crippen LogP contribution is 2.12. The lowest BCUT2D eigenvalue weighted by Crippen LogP contribution is -2.21. The number of nitrogens with zero attached hydrogens (tertiary/aromatic N) is 2. The van der Waals surface area contributed by atoms with E-state index in [2.05, 4.69) is 10.5 Å². The second-order valence-corrected chi connectivity index (χ2v) is 4.91. The van der Waals surface area contributed by atoms with E-state index < -0.39 is 4.92 Å². The first-order valence-electron chi connectivity index (χ1n) is 7.24. The van der Waals surface area contributed by atoms with Crippen LogP contribution in [0.25, 0.3) is 0 Å². The molecule has 0 heterocycles. The Labute approximate surface area is 134 Å². The summed E-state index contributed by atoms with van der Waals surface area (Å²) in [6.07, 6.45) is 0.815. The molecule has 6 heteroatoms. The van der Waals surface area contributed by atoms with Gasteiger partial charge in [-0.05, 0) is 17.5 Å². The van der Waals surface area contributed by atoms with Crippen LogP contribution in [-0.2, 0) is 11.2 Å². The van der Waals surface area contributed by atoms with Gasteiger partial charge in [0.25, 0.3) is 5.69 Å². The van der Waals surface area contributed by atoms with Crippen molar-refractivity contribution in [3.63, 3.8) is 0 Å². The molecule has 0 aliphatic heterocycles. The van der Waals surface area contributed by atoms with E-state index in [0.29, 0.717) is 12.0 Å². The van der Waals surface area contributed by atoms with E-state index in [1.165, 1.54) is 12.1 Å². The van der Waals surface area contributed by atoms with E-state index in [1.807, 2.05) is 37.3 Å². The number of carbonyl (C=O) groups is 1. The van der Waals surface area contributed by atoms with Crippen LogP contribution in [0, 0.1) is 10.1 Å². The maximum absolute atomic E-state index is 11.9. The normalized spacial score (nSPS) is 11.1. The van der Waals surface area contributed by atoms with Crippen LogP contribution in [0.2, 0.25) is 0 Å². The Morgan fingerprint density at radius 2 is 1.78 bits per heavy atom. The standard InChI is InChI=1S/C17H17N3O3/c1-2-16(14-6-4-3-5-7-14)18-19-17(21)12-13-8-10-15(11-9-13)20(22)23/h3-11H,2,12H2,1H3,(H,19,21)/b18-16+. The van der Waals surface area contributed by atoms with Gasteiger partial charge in [-0.1, -0.05) is 49.4 Å². The van der Waals surface area contributed by atoms with Crippen molar-refractivity contribution >= 4 is 17.3 Å². The zero-order chi connectivity index (χ0) is 16.7. The molecule has 0 atom stereocenters. The van der Waals surface area contributed by atoms with Crippen molar-refractivity contribution < 1.29 is 9.72 Å². The summed E-state index contributed by atoms with van der Waals surface area (Å²) < 4.78 is 0. The van der Waals surface area contributed by atoms with E-state index in [9.17, 15) is 14.9 Å². The number of rotatable bonds is 6. The molecule has 1 amide bonds. The Hall–Kier alpha value is -3.02. The summed E-state index contributed by atoms with van der Waals surface area (Å²) in [6, 6.07) is 15.5. The van der Waals surface area contributed by atoms with Crippen LogP contribution in [0.1, 0.15) is 24.5 Å². The highest BCUT2D eigenvalue weighted by Gasteiger charge is 2.07. The summed E-state index contributed by atoms with van der Waals surface area (Å²) in [4.78, 5) is 22.0. The van der Waals surface area contributed by atoms with Gasteiger partial charge in [-0.2, -0.15) is 5.10 Å². The monoisotopic (exact) mass is 311 g/mol. The van der Waals surface area contributed by atoms with Gasteiger partial charge >= 0.3 is 0 Å². The number of hydrazone groups is 1. The molecule has 0 unspecified atom stereocenters. The number of carbonyl (C=O) groups excluding carboxylic acids is 1. The molecule has 0 fully saturated rings. The Bertz CT molecular complexity index is 710. The SMILES string of the molecule is CC/C(=N\NC(=O)Cc1ccc([N+](=O)[O-])cc1)c1ccccc1. The van der Waals surface area contributed by atoms with Crippen LogP contribution in [-0.4, -0.2) is 16.5 Å². The van der Waals surface area contributed by atoms with Crippen LogP contribution >= 0.6 is 0 Å². The average molecular weight is 311 g/mol. The Balaban J connectivity index is 1.98. The minimum absolute atomic E-state index is 0.00419. The molecule has 0 radical (unpaired) electrons. The van der Waals surface area contributed by atoms with Crippen molar-refractivity contribution in [3.8, 4) is 0 Å². The molecule has 2 aromatic carbocycles. The molecule has 0 aliphatic carbocycles. The summed E-state index contributed by atoms with van der Waals surface area (Å²) >= 11 is 0. The van der Waals surface area contributed by atoms with Crippen molar-refractivity contribution in [2.45, 2.75) is 19.8 Å². The average Bonchev–Trinajstić information content (AvgIpc) is 2.57. The Morgan fingerprint density at radius 1 is 1.13 bits per heavy atom. The van der Waals surface area contributed by atoms with Gasteiger partial charge in [-0.3, -0.25) is 14.9 Å². The van der Waals surface area contributed by atoms with E-state index in [-0.39, 0.29) is 18.0 Å². The zero-order valence-corrected chi connectivity index (χ0v) is 12.7. The fourth-order valence-electron chi connectivity index (χ4n) is 2.07. The van der Waals surface area contributed by atoms with Crippen molar-refractivity contribution in [1.82, 2.24) is 5.43 Å². The van der Waals surface area contributed by atoms with Gasteiger partial charge in [0.05, 0.1) is 17.1 Å². The number of non-ortho nitro benzene ring substituents is 1. The molecule has 0 aliphatic rings. The number of nitrogens with one attached hydrogen (secondary N) is 1. The third-order valence-electron chi connectivity index (χ3n) is 3.27. The summed E-state index contributed by atoms with van der Waals surface area (Å²) in [5, 5.41) is 14.8. The van der Waals surface area contributed by atoms with Crippen molar-refractivity contribution in [2.24, 2.45) is 5.10 Å². The van der Waals surface area contributed by atoms with Gasteiger partial charge in [-0.25, -0.2) is 5.43 Å². The molecule has 0 saturated carbocycles. The lowest BCUT2D eigenvalue weighted by Gasteiger charge is -2.05. The first-order valence-corrected chi connectivity index (χ1v) is 7.24. The molecular weight excluding hydrogens is 294 g/mol. The minimum atomic E-state index is -0.471. The Morgan fingerprint density at radius 3 is 2.35 bits per heavy atom. The fourth-order valence-corrected chi connectivity index (χ4v) is 2.07. The third kappa shape index (κ3) is 4.74. The zero-order valence-electron chi connectivity index (χ0n) is 12.7. The molecule has 118 valence electrons. The number of amides is 1. The highest BCUT2D eigenvalue weighted by atomic mass is 16.6. The number of hydrogen-bond donors (Lipinski definition) is 1. The lowest BCUT2D eigenvalue weighted by molar-refractivity contribution is -0.384. The summed E-state index contributed by atoms with van der Waals surface area (Å²) in [5.41, 5.74) is 4.99. The van der Waals surface area contributed by atoms with Gasteiger partial charge < -0.3 is 0 Å². The second kappa shape index (κ2) is 7.84. The molecular formula is C17H17N3O3. The van der Waals surface area contributed by atoms with Crippen LogP contribution in [0.5, 0.6) is 0 Å². The third-order valence-corrected chi connectivity index (χ3v) is 3.27. The first kappa shape index (κ1) is 16.4. The number of nitro groups is 1. The van der Waals surface area contributed by atoms with Crippen molar-refractivity contribution in [2.75, 3.05) is 0 Å². The molecule has 23 heavy (non-hydrogen) atoms. The quantitative estimate of drug-likeness (QED) is 0.505. The fraction of sp³-hybridized carbons (Fsp3) is 0.176. The molecule has 0 aromatic heterocycles. The second-order valence-electron chi connectivity index (χ2n) is 4.91. The predicted octanol–water partition coefficient (Wildman–Crippen LogP) is 3.07. The number of benzene rings is 2. The molecule has 2 aromatic rings. The molecule has 1 N–H and O–H groups in total. The van der Waals surface area contributed by atoms with Gasteiger partial charge in [0, 0.05) is 12.1 Å². The predicted molar refractivity (Wildman–Crippen MR) is 88.2 cm³/mol. The van der Waals surface area contributed by atoms with E-state index in [1.54, 1.807) is 12.1 Å². The number of hydrogen-bond acceptors (Lipinski definition) is 4. The van der Waals surface area contributed by atoms with E-state index >= 15 is 0 Å². The lowest BCUT2D eigenvalue weighted by atomic mass is 10.1. The van der Waals surface area contributed by atoms with E-state index in [0.717, 1.165) is 11.3 Å². The topological polar surface area (TPSA) is 84.6 Å². The largest absolute Gasteiger partial charge is 0.273 e. The first-order chi connectivity index (χ1) is 11.1. The summed E-state index contributed by atoms with van der Waals surface area (Å²) in [5.74, 6) is -0.263. The summed E-state index contributed by atoms with van der Waals surface area (Å²) in [6.45, 7) is 1.97. The van der Waals surface area contributed by atoms with Crippen molar-refractivity contribution in [3.05, 3.63) is 75.8 Å².